The molecule has 94 valence electrons. The van der Waals surface area contributed by atoms with Crippen molar-refractivity contribution in [1.82, 2.24) is 0 Å². The molecule has 2 aromatic rings. The normalized spacial score (nSPS) is 10.4. The lowest BCUT2D eigenvalue weighted by atomic mass is 10.1. The predicted molar refractivity (Wildman–Crippen MR) is 77.8 cm³/mol. The molecule has 0 unspecified atom stereocenters. The molecule has 1 heterocycles. The fraction of sp³-hybridized carbons (Fsp3) is 0.214. The standard InChI is InChI=1S/C14H13BrO2S/c1-9-6-13(18-14(9)15)12(16)8-10-4-3-5-11(7-10)17-2/h3-7H,8H2,1-2H3. The Labute approximate surface area is 119 Å². The minimum atomic E-state index is 0.141. The summed E-state index contributed by atoms with van der Waals surface area (Å²) < 4.78 is 6.17. The molecule has 18 heavy (non-hydrogen) atoms. The molecule has 4 heteroatoms. The van der Waals surface area contributed by atoms with E-state index in [1.54, 1.807) is 7.11 Å². The molecule has 0 atom stereocenters. The van der Waals surface area contributed by atoms with Crippen molar-refractivity contribution >= 4 is 33.0 Å². The Morgan fingerprint density at radius 1 is 1.39 bits per heavy atom. The highest BCUT2D eigenvalue weighted by Gasteiger charge is 2.12. The lowest BCUT2D eigenvalue weighted by molar-refractivity contribution is 0.0997. The van der Waals surface area contributed by atoms with Crippen LogP contribution in [0.1, 0.15) is 20.8 Å². The zero-order chi connectivity index (χ0) is 13.1. The van der Waals surface area contributed by atoms with Crippen LogP contribution in [0.2, 0.25) is 0 Å². The van der Waals surface area contributed by atoms with Gasteiger partial charge in [0.25, 0.3) is 0 Å². The van der Waals surface area contributed by atoms with Crippen LogP contribution in [0.25, 0.3) is 0 Å². The average Bonchev–Trinajstić information content (AvgIpc) is 2.70. The maximum atomic E-state index is 12.1. The first kappa shape index (κ1) is 13.3. The van der Waals surface area contributed by atoms with Crippen LogP contribution in [0.4, 0.5) is 0 Å². The molecule has 0 aliphatic rings. The van der Waals surface area contributed by atoms with Gasteiger partial charge in [-0.3, -0.25) is 4.79 Å². The number of halogens is 1. The predicted octanol–water partition coefficient (Wildman–Crippen LogP) is 4.25. The maximum Gasteiger partial charge on any atom is 0.177 e. The summed E-state index contributed by atoms with van der Waals surface area (Å²) >= 11 is 4.93. The first-order chi connectivity index (χ1) is 8.60. The van der Waals surface area contributed by atoms with Crippen LogP contribution in [0.3, 0.4) is 0 Å². The minimum absolute atomic E-state index is 0.141. The fourth-order valence-corrected chi connectivity index (χ4v) is 3.12. The second-order valence-electron chi connectivity index (χ2n) is 4.02. The second-order valence-corrected chi connectivity index (χ2v) is 6.39. The molecule has 1 aromatic heterocycles. The second kappa shape index (κ2) is 5.67. The van der Waals surface area contributed by atoms with Crippen molar-refractivity contribution < 1.29 is 9.53 Å². The van der Waals surface area contributed by atoms with E-state index < -0.39 is 0 Å². The summed E-state index contributed by atoms with van der Waals surface area (Å²) in [6.07, 6.45) is 0.406. The SMILES string of the molecule is COc1cccc(CC(=O)c2cc(C)c(Br)s2)c1. The van der Waals surface area contributed by atoms with Crippen molar-refractivity contribution in [3.63, 3.8) is 0 Å². The van der Waals surface area contributed by atoms with Crippen LogP contribution in [0.5, 0.6) is 5.75 Å². The van der Waals surface area contributed by atoms with Crippen LogP contribution < -0.4 is 4.74 Å². The van der Waals surface area contributed by atoms with Crippen LogP contribution in [-0.4, -0.2) is 12.9 Å². The molecule has 0 spiro atoms. The van der Waals surface area contributed by atoms with Gasteiger partial charge in [-0.05, 0) is 52.2 Å². The zero-order valence-electron chi connectivity index (χ0n) is 10.2. The summed E-state index contributed by atoms with van der Waals surface area (Å²) in [5.41, 5.74) is 2.08. The number of hydrogen-bond acceptors (Lipinski definition) is 3. The van der Waals surface area contributed by atoms with Gasteiger partial charge in [0.15, 0.2) is 5.78 Å². The average molecular weight is 325 g/mol. The van der Waals surface area contributed by atoms with E-state index >= 15 is 0 Å². The zero-order valence-corrected chi connectivity index (χ0v) is 12.6. The Morgan fingerprint density at radius 2 is 2.17 bits per heavy atom. The highest BCUT2D eigenvalue weighted by Crippen LogP contribution is 2.28. The summed E-state index contributed by atoms with van der Waals surface area (Å²) in [6, 6.07) is 9.54. The number of Topliss-reactive ketones (excluding diaryl/α,β-unsaturated/α-hetero) is 1. The third-order valence-electron chi connectivity index (χ3n) is 2.63. The van der Waals surface area contributed by atoms with Crippen LogP contribution in [0, 0.1) is 6.92 Å². The van der Waals surface area contributed by atoms with Crippen molar-refractivity contribution in [2.24, 2.45) is 0 Å². The minimum Gasteiger partial charge on any atom is -0.497 e. The van der Waals surface area contributed by atoms with Gasteiger partial charge in [-0.2, -0.15) is 0 Å². The summed E-state index contributed by atoms with van der Waals surface area (Å²) in [6.45, 7) is 1.99. The molecule has 0 amide bonds. The van der Waals surface area contributed by atoms with Gasteiger partial charge >= 0.3 is 0 Å². The molecule has 0 bridgehead atoms. The third-order valence-corrected chi connectivity index (χ3v) is 4.81. The number of ketones is 1. The first-order valence-electron chi connectivity index (χ1n) is 5.52. The molecule has 0 N–H and O–H groups in total. The highest BCUT2D eigenvalue weighted by atomic mass is 79.9. The van der Waals surface area contributed by atoms with Crippen molar-refractivity contribution in [3.8, 4) is 5.75 Å². The lowest BCUT2D eigenvalue weighted by Crippen LogP contribution is -2.01. The third kappa shape index (κ3) is 3.00. The number of methoxy groups -OCH3 is 1. The monoisotopic (exact) mass is 324 g/mol. The topological polar surface area (TPSA) is 26.3 Å². The summed E-state index contributed by atoms with van der Waals surface area (Å²) in [5, 5.41) is 0. The Kier molecular flexibility index (Phi) is 4.19. The van der Waals surface area contributed by atoms with Crippen molar-refractivity contribution in [1.29, 1.82) is 0 Å². The van der Waals surface area contributed by atoms with Crippen molar-refractivity contribution in [3.05, 3.63) is 50.1 Å². The van der Waals surface area contributed by atoms with Gasteiger partial charge in [0.2, 0.25) is 0 Å². The summed E-state index contributed by atoms with van der Waals surface area (Å²) in [7, 11) is 1.63. The van der Waals surface area contributed by atoms with E-state index in [-0.39, 0.29) is 5.78 Å². The van der Waals surface area contributed by atoms with E-state index in [0.29, 0.717) is 6.42 Å². The molecule has 0 aliphatic heterocycles. The van der Waals surface area contributed by atoms with E-state index in [4.69, 9.17) is 4.74 Å². The number of carbonyl (C=O) groups is 1. The number of hydrogen-bond donors (Lipinski definition) is 0. The Balaban J connectivity index is 2.15. The molecule has 2 nitrogen and oxygen atoms in total. The summed E-state index contributed by atoms with van der Waals surface area (Å²) in [4.78, 5) is 12.9. The molecule has 0 saturated heterocycles. The van der Waals surface area contributed by atoms with Gasteiger partial charge in [-0.15, -0.1) is 11.3 Å². The van der Waals surface area contributed by atoms with Crippen LogP contribution >= 0.6 is 27.3 Å². The smallest absolute Gasteiger partial charge is 0.177 e. The number of aryl methyl sites for hydroxylation is 1. The molecule has 0 radical (unpaired) electrons. The number of thiophene rings is 1. The number of benzene rings is 1. The van der Waals surface area contributed by atoms with Crippen molar-refractivity contribution in [2.45, 2.75) is 13.3 Å². The molecule has 0 saturated carbocycles. The van der Waals surface area contributed by atoms with E-state index in [0.717, 1.165) is 25.5 Å². The Hall–Kier alpha value is -1.13. The van der Waals surface area contributed by atoms with E-state index in [1.165, 1.54) is 11.3 Å². The van der Waals surface area contributed by atoms with Gasteiger partial charge < -0.3 is 4.74 Å². The molecule has 0 fully saturated rings. The number of ether oxygens (including phenoxy) is 1. The molecular weight excluding hydrogens is 312 g/mol. The Morgan fingerprint density at radius 3 is 2.78 bits per heavy atom. The molecule has 2 rings (SSSR count). The van der Waals surface area contributed by atoms with Crippen LogP contribution in [-0.2, 0) is 6.42 Å². The maximum absolute atomic E-state index is 12.1. The highest BCUT2D eigenvalue weighted by molar-refractivity contribution is 9.11. The van der Waals surface area contributed by atoms with E-state index in [9.17, 15) is 4.79 Å². The van der Waals surface area contributed by atoms with Gasteiger partial charge in [-0.1, -0.05) is 12.1 Å². The number of rotatable bonds is 4. The largest absolute Gasteiger partial charge is 0.497 e. The Bertz CT molecular complexity index is 555. The quantitative estimate of drug-likeness (QED) is 0.786. The molecular formula is C14H13BrO2S. The van der Waals surface area contributed by atoms with Gasteiger partial charge in [0.05, 0.1) is 15.8 Å². The van der Waals surface area contributed by atoms with Gasteiger partial charge in [-0.25, -0.2) is 0 Å². The van der Waals surface area contributed by atoms with Crippen LogP contribution in [0.15, 0.2) is 34.1 Å². The van der Waals surface area contributed by atoms with Gasteiger partial charge in [0.1, 0.15) is 5.75 Å². The summed E-state index contributed by atoms with van der Waals surface area (Å²) in [5.74, 6) is 0.922. The number of carbonyl (C=O) groups excluding carboxylic acids is 1. The molecule has 0 aliphatic carbocycles. The molecule has 1 aromatic carbocycles. The van der Waals surface area contributed by atoms with Gasteiger partial charge in [0, 0.05) is 6.42 Å². The van der Waals surface area contributed by atoms with Crippen molar-refractivity contribution in [2.75, 3.05) is 7.11 Å². The van der Waals surface area contributed by atoms with E-state index in [2.05, 4.69) is 15.9 Å². The fourth-order valence-electron chi connectivity index (χ4n) is 1.65. The lowest BCUT2D eigenvalue weighted by Gasteiger charge is -2.03. The van der Waals surface area contributed by atoms with E-state index in [1.807, 2.05) is 37.3 Å². The first-order valence-corrected chi connectivity index (χ1v) is 7.13.